The second kappa shape index (κ2) is 11.7. The number of nitrogens with zero attached hydrogens (tertiary/aromatic N) is 1. The molecule has 2 amide bonds. The first-order valence-electron chi connectivity index (χ1n) is 9.82. The van der Waals surface area contributed by atoms with Crippen LogP contribution in [0.5, 0.6) is 11.5 Å². The van der Waals surface area contributed by atoms with Gasteiger partial charge in [-0.3, -0.25) is 9.59 Å². The summed E-state index contributed by atoms with van der Waals surface area (Å²) in [6.45, 7) is 2.95. The van der Waals surface area contributed by atoms with Gasteiger partial charge in [-0.1, -0.05) is 31.2 Å². The largest absolute Gasteiger partial charge is 0.497 e. The summed E-state index contributed by atoms with van der Waals surface area (Å²) >= 11 is 0. The molecule has 29 heavy (non-hydrogen) atoms. The minimum atomic E-state index is 0.00642. The maximum atomic E-state index is 13.0. The van der Waals surface area contributed by atoms with Crippen LogP contribution < -0.4 is 14.8 Å². The van der Waals surface area contributed by atoms with Crippen molar-refractivity contribution in [1.82, 2.24) is 10.2 Å². The van der Waals surface area contributed by atoms with Crippen LogP contribution in [0.15, 0.2) is 48.5 Å². The molecule has 0 fully saturated rings. The maximum Gasteiger partial charge on any atom is 0.223 e. The lowest BCUT2D eigenvalue weighted by Crippen LogP contribution is -2.33. The van der Waals surface area contributed by atoms with E-state index in [4.69, 9.17) is 9.47 Å². The average molecular weight is 399 g/mol. The number of nitrogens with one attached hydrogen (secondary N) is 1. The van der Waals surface area contributed by atoms with Crippen molar-refractivity contribution < 1.29 is 19.1 Å². The van der Waals surface area contributed by atoms with Crippen molar-refractivity contribution in [2.24, 2.45) is 0 Å². The predicted molar refractivity (Wildman–Crippen MR) is 113 cm³/mol. The van der Waals surface area contributed by atoms with E-state index in [-0.39, 0.29) is 11.9 Å². The Morgan fingerprint density at radius 3 is 2.03 bits per heavy atom. The van der Waals surface area contributed by atoms with Crippen molar-refractivity contribution >= 4 is 12.3 Å². The molecule has 0 aliphatic rings. The van der Waals surface area contributed by atoms with Crippen molar-refractivity contribution in [2.75, 3.05) is 14.2 Å². The Hall–Kier alpha value is -3.02. The molecule has 0 radical (unpaired) electrons. The number of hydrogen-bond acceptors (Lipinski definition) is 4. The molecule has 2 aromatic carbocycles. The zero-order chi connectivity index (χ0) is 21.1. The highest BCUT2D eigenvalue weighted by atomic mass is 16.5. The molecule has 6 nitrogen and oxygen atoms in total. The van der Waals surface area contributed by atoms with Gasteiger partial charge >= 0.3 is 0 Å². The molecule has 0 saturated carbocycles. The molecule has 0 aromatic heterocycles. The number of ether oxygens (including phenoxy) is 2. The van der Waals surface area contributed by atoms with Crippen molar-refractivity contribution in [2.45, 2.75) is 45.3 Å². The number of amides is 2. The van der Waals surface area contributed by atoms with E-state index < -0.39 is 0 Å². The Morgan fingerprint density at radius 2 is 1.59 bits per heavy atom. The lowest BCUT2D eigenvalue weighted by Gasteiger charge is -2.24. The summed E-state index contributed by atoms with van der Waals surface area (Å²) in [7, 11) is 3.26. The van der Waals surface area contributed by atoms with Gasteiger partial charge in [0, 0.05) is 25.6 Å². The molecular weight excluding hydrogens is 368 g/mol. The Labute approximate surface area is 172 Å². The SMILES string of the molecule is CCC(CCC(=O)N(Cc1cccc(OC)c1)Cc1cccc(OC)c1)NC=O. The topological polar surface area (TPSA) is 67.9 Å². The molecule has 0 aliphatic carbocycles. The van der Waals surface area contributed by atoms with Gasteiger partial charge in [-0.05, 0) is 48.2 Å². The fourth-order valence-electron chi connectivity index (χ4n) is 3.17. The van der Waals surface area contributed by atoms with E-state index in [1.165, 1.54) is 0 Å². The summed E-state index contributed by atoms with van der Waals surface area (Å²) in [6, 6.07) is 15.5. The van der Waals surface area contributed by atoms with Crippen LogP contribution >= 0.6 is 0 Å². The quantitative estimate of drug-likeness (QED) is 0.556. The fraction of sp³-hybridized carbons (Fsp3) is 0.391. The molecule has 0 saturated heterocycles. The first-order chi connectivity index (χ1) is 14.1. The van der Waals surface area contributed by atoms with Gasteiger partial charge in [0.2, 0.25) is 12.3 Å². The molecule has 1 atom stereocenters. The van der Waals surface area contributed by atoms with Crippen LogP contribution in [-0.2, 0) is 22.7 Å². The lowest BCUT2D eigenvalue weighted by molar-refractivity contribution is -0.132. The number of methoxy groups -OCH3 is 2. The molecule has 6 heteroatoms. The smallest absolute Gasteiger partial charge is 0.223 e. The Balaban J connectivity index is 2.16. The van der Waals surface area contributed by atoms with Crippen LogP contribution in [-0.4, -0.2) is 37.5 Å². The minimum Gasteiger partial charge on any atom is -0.497 e. The summed E-state index contributed by atoms with van der Waals surface area (Å²) in [5, 5.41) is 2.77. The number of rotatable bonds is 12. The molecule has 2 aromatic rings. The molecule has 0 aliphatic heterocycles. The van der Waals surface area contributed by atoms with Gasteiger partial charge in [0.15, 0.2) is 0 Å². The Morgan fingerprint density at radius 1 is 1.03 bits per heavy atom. The van der Waals surface area contributed by atoms with E-state index in [1.54, 1.807) is 14.2 Å². The van der Waals surface area contributed by atoms with Crippen LogP contribution in [0.3, 0.4) is 0 Å². The van der Waals surface area contributed by atoms with E-state index in [0.29, 0.717) is 32.3 Å². The third-order valence-electron chi connectivity index (χ3n) is 4.87. The molecule has 0 heterocycles. The van der Waals surface area contributed by atoms with Crippen molar-refractivity contribution in [1.29, 1.82) is 0 Å². The summed E-state index contributed by atoms with van der Waals surface area (Å²) in [6.07, 6.45) is 2.47. The fourth-order valence-corrected chi connectivity index (χ4v) is 3.17. The van der Waals surface area contributed by atoms with E-state index in [2.05, 4.69) is 5.32 Å². The zero-order valence-electron chi connectivity index (χ0n) is 17.4. The number of hydrogen-bond donors (Lipinski definition) is 1. The first-order valence-corrected chi connectivity index (χ1v) is 9.82. The van der Waals surface area contributed by atoms with Crippen LogP contribution in [0.25, 0.3) is 0 Å². The summed E-state index contributed by atoms with van der Waals surface area (Å²) < 4.78 is 10.6. The van der Waals surface area contributed by atoms with Gasteiger partial charge in [-0.2, -0.15) is 0 Å². The van der Waals surface area contributed by atoms with Crippen molar-refractivity contribution in [3.63, 3.8) is 0 Å². The van der Waals surface area contributed by atoms with Gasteiger partial charge in [0.25, 0.3) is 0 Å². The summed E-state index contributed by atoms with van der Waals surface area (Å²) in [5.41, 5.74) is 2.00. The molecule has 1 unspecified atom stereocenters. The summed E-state index contributed by atoms with van der Waals surface area (Å²) in [5.74, 6) is 1.57. The van der Waals surface area contributed by atoms with Crippen LogP contribution in [0.4, 0.5) is 0 Å². The molecule has 0 bridgehead atoms. The second-order valence-corrected chi connectivity index (χ2v) is 6.88. The molecule has 0 spiro atoms. The average Bonchev–Trinajstić information content (AvgIpc) is 2.76. The lowest BCUT2D eigenvalue weighted by atomic mass is 10.1. The van der Waals surface area contributed by atoms with Gasteiger partial charge in [0.1, 0.15) is 11.5 Å². The van der Waals surface area contributed by atoms with E-state index in [1.807, 2.05) is 60.4 Å². The standard InChI is InChI=1S/C23H30N2O4/c1-4-20(24-17-26)11-12-23(27)25(15-18-7-5-9-21(13-18)28-2)16-19-8-6-10-22(14-19)29-3/h5-10,13-14,17,20H,4,11-12,15-16H2,1-3H3,(H,24,26). The van der Waals surface area contributed by atoms with Gasteiger partial charge in [-0.15, -0.1) is 0 Å². The number of benzene rings is 2. The number of carbonyl (C=O) groups is 2. The molecule has 156 valence electrons. The second-order valence-electron chi connectivity index (χ2n) is 6.88. The molecule has 1 N–H and O–H groups in total. The van der Waals surface area contributed by atoms with Crippen molar-refractivity contribution in [3.8, 4) is 11.5 Å². The van der Waals surface area contributed by atoms with Gasteiger partial charge in [-0.25, -0.2) is 0 Å². The van der Waals surface area contributed by atoms with Crippen LogP contribution in [0.1, 0.15) is 37.3 Å². The number of carbonyl (C=O) groups excluding carboxylic acids is 2. The Kier molecular flexibility index (Phi) is 9.02. The van der Waals surface area contributed by atoms with Crippen LogP contribution in [0, 0.1) is 0 Å². The van der Waals surface area contributed by atoms with E-state index in [0.717, 1.165) is 29.0 Å². The highest BCUT2D eigenvalue weighted by Crippen LogP contribution is 2.19. The Bertz CT molecular complexity index is 744. The van der Waals surface area contributed by atoms with Crippen LogP contribution in [0.2, 0.25) is 0 Å². The van der Waals surface area contributed by atoms with Crippen molar-refractivity contribution in [3.05, 3.63) is 59.7 Å². The zero-order valence-corrected chi connectivity index (χ0v) is 17.4. The van der Waals surface area contributed by atoms with E-state index >= 15 is 0 Å². The maximum absolute atomic E-state index is 13.0. The molecule has 2 rings (SSSR count). The third-order valence-corrected chi connectivity index (χ3v) is 4.87. The predicted octanol–water partition coefficient (Wildman–Crippen LogP) is 3.54. The highest BCUT2D eigenvalue weighted by Gasteiger charge is 2.17. The normalized spacial score (nSPS) is 11.4. The van der Waals surface area contributed by atoms with Gasteiger partial charge < -0.3 is 19.7 Å². The van der Waals surface area contributed by atoms with E-state index in [9.17, 15) is 9.59 Å². The third kappa shape index (κ3) is 7.14. The van der Waals surface area contributed by atoms with Gasteiger partial charge in [0.05, 0.1) is 14.2 Å². The molecular formula is C23H30N2O4. The highest BCUT2D eigenvalue weighted by molar-refractivity contribution is 5.76. The minimum absolute atomic E-state index is 0.00642. The monoisotopic (exact) mass is 398 g/mol. The summed E-state index contributed by atoms with van der Waals surface area (Å²) in [4.78, 5) is 25.6. The first kappa shape index (κ1) is 22.3.